The zero-order chi connectivity index (χ0) is 13.3. The Morgan fingerprint density at radius 1 is 0.750 bits per heavy atom. The van der Waals surface area contributed by atoms with E-state index in [0.717, 1.165) is 24.3 Å². The largest absolute Gasteiger partial charge is 0.381 e. The molecular weight excluding hydrogens is 255 g/mol. The summed E-state index contributed by atoms with van der Waals surface area (Å²) in [6.45, 7) is 2.00. The van der Waals surface area contributed by atoms with Gasteiger partial charge in [-0.1, -0.05) is 60.7 Å². The highest BCUT2D eigenvalue weighted by Gasteiger charge is 2.06. The van der Waals surface area contributed by atoms with Crippen LogP contribution >= 0.6 is 0 Å². The molecule has 0 spiro atoms. The maximum absolute atomic E-state index is 11.8. The van der Waals surface area contributed by atoms with E-state index in [1.165, 1.54) is 12.8 Å². The van der Waals surface area contributed by atoms with Crippen molar-refractivity contribution in [2.24, 2.45) is 0 Å². The number of hydrogen-bond acceptors (Lipinski definition) is 2. The number of ether oxygens (including phenoxy) is 1. The molecule has 0 amide bonds. The molecule has 1 aliphatic heterocycles. The minimum atomic E-state index is 0. The highest BCUT2D eigenvalue weighted by Crippen LogP contribution is 2.08. The molecule has 3 rings (SSSR count). The molecule has 1 aliphatic rings. The molecule has 1 heterocycles. The Balaban J connectivity index is 0.000000283. The van der Waals surface area contributed by atoms with Crippen molar-refractivity contribution < 1.29 is 14.2 Å². The number of carbonyl (C=O) groups excluding carboxylic acids is 1. The molecule has 1 fully saturated rings. The molecule has 0 atom stereocenters. The molecule has 106 valence electrons. The fourth-order valence-corrected chi connectivity index (χ4v) is 1.86. The monoisotopic (exact) mass is 274 g/mol. The lowest BCUT2D eigenvalue weighted by molar-refractivity contribution is 0.103. The first kappa shape index (κ1) is 16.1. The van der Waals surface area contributed by atoms with Gasteiger partial charge in [0.05, 0.1) is 0 Å². The van der Waals surface area contributed by atoms with Crippen LogP contribution in [-0.4, -0.2) is 19.0 Å². The van der Waals surface area contributed by atoms with Crippen LogP contribution in [0.1, 0.15) is 28.8 Å². The summed E-state index contributed by atoms with van der Waals surface area (Å²) in [6, 6.07) is 18.6. The van der Waals surface area contributed by atoms with Gasteiger partial charge in [-0.2, -0.15) is 0 Å². The van der Waals surface area contributed by atoms with Gasteiger partial charge >= 0.3 is 0 Å². The first-order valence-corrected chi connectivity index (χ1v) is 6.60. The van der Waals surface area contributed by atoms with Gasteiger partial charge in [0.15, 0.2) is 5.78 Å². The molecule has 2 aromatic carbocycles. The fourth-order valence-electron chi connectivity index (χ4n) is 1.86. The van der Waals surface area contributed by atoms with Gasteiger partial charge in [0.25, 0.3) is 0 Å². The van der Waals surface area contributed by atoms with Gasteiger partial charge in [0.1, 0.15) is 0 Å². The van der Waals surface area contributed by atoms with Gasteiger partial charge in [-0.05, 0) is 12.8 Å². The molecule has 0 radical (unpaired) electrons. The highest BCUT2D eigenvalue weighted by molar-refractivity contribution is 6.08. The van der Waals surface area contributed by atoms with Crippen molar-refractivity contribution in [1.82, 2.24) is 0 Å². The van der Waals surface area contributed by atoms with Gasteiger partial charge in [-0.3, -0.25) is 9.50 Å². The van der Waals surface area contributed by atoms with E-state index in [2.05, 4.69) is 0 Å². The van der Waals surface area contributed by atoms with Crippen LogP contribution in [0.5, 0.6) is 0 Å². The predicted octanol–water partition coefficient (Wildman–Crippen LogP) is 3.87. The lowest BCUT2D eigenvalue weighted by Crippen LogP contribution is -1.99. The second kappa shape index (κ2) is 8.99. The van der Waals surface area contributed by atoms with Gasteiger partial charge in [-0.15, -0.1) is 0 Å². The van der Waals surface area contributed by atoms with E-state index in [1.54, 1.807) is 0 Å². The third kappa shape index (κ3) is 4.94. The van der Waals surface area contributed by atoms with Crippen LogP contribution in [0.4, 0.5) is 4.70 Å². The molecule has 0 unspecified atom stereocenters. The second-order valence-corrected chi connectivity index (χ2v) is 4.38. The quantitative estimate of drug-likeness (QED) is 0.777. The Morgan fingerprint density at radius 2 is 1.15 bits per heavy atom. The summed E-state index contributed by atoms with van der Waals surface area (Å²) in [5.41, 5.74) is 1.47. The molecule has 0 bridgehead atoms. The summed E-state index contributed by atoms with van der Waals surface area (Å²) in [4.78, 5) is 11.8. The Bertz CT molecular complexity index is 444. The standard InChI is InChI=1S/C13H10O.C4H8O.FH/c14-13(11-7-3-1-4-8-11)12-9-5-2-6-10-12;1-2-4-5-3-1;/h1-10H;1-4H2;1H. The normalized spacial score (nSPS) is 12.8. The minimum Gasteiger partial charge on any atom is -0.381 e. The fraction of sp³-hybridized carbons (Fsp3) is 0.235. The number of benzene rings is 2. The van der Waals surface area contributed by atoms with Crippen molar-refractivity contribution in [2.75, 3.05) is 13.2 Å². The SMILES string of the molecule is C1CCOC1.F.O=C(c1ccccc1)c1ccccc1. The third-order valence-electron chi connectivity index (χ3n) is 2.90. The van der Waals surface area contributed by atoms with Crippen LogP contribution in [-0.2, 0) is 4.74 Å². The van der Waals surface area contributed by atoms with Crippen molar-refractivity contribution >= 4 is 5.78 Å². The Kier molecular flexibility index (Phi) is 7.22. The molecule has 0 aromatic heterocycles. The van der Waals surface area contributed by atoms with E-state index < -0.39 is 0 Å². The molecule has 2 aromatic rings. The van der Waals surface area contributed by atoms with Gasteiger partial charge in [-0.25, -0.2) is 0 Å². The summed E-state index contributed by atoms with van der Waals surface area (Å²) in [6.07, 6.45) is 2.56. The lowest BCUT2D eigenvalue weighted by atomic mass is 10.0. The molecule has 20 heavy (non-hydrogen) atoms. The Hall–Kier alpha value is -2.00. The average Bonchev–Trinajstić information content (AvgIpc) is 3.08. The van der Waals surface area contributed by atoms with Gasteiger partial charge in [0.2, 0.25) is 0 Å². The molecule has 0 saturated carbocycles. The lowest BCUT2D eigenvalue weighted by Gasteiger charge is -1.99. The van der Waals surface area contributed by atoms with Crippen LogP contribution in [0.3, 0.4) is 0 Å². The van der Waals surface area contributed by atoms with Crippen LogP contribution in [0.15, 0.2) is 60.7 Å². The summed E-state index contributed by atoms with van der Waals surface area (Å²) >= 11 is 0. The average molecular weight is 274 g/mol. The van der Waals surface area contributed by atoms with E-state index in [0.29, 0.717) is 0 Å². The maximum atomic E-state index is 11.8. The molecule has 1 saturated heterocycles. The van der Waals surface area contributed by atoms with Gasteiger partial charge < -0.3 is 4.74 Å². The van der Waals surface area contributed by atoms with E-state index in [-0.39, 0.29) is 10.5 Å². The van der Waals surface area contributed by atoms with Crippen LogP contribution in [0, 0.1) is 0 Å². The zero-order valence-corrected chi connectivity index (χ0v) is 11.3. The first-order valence-electron chi connectivity index (χ1n) is 6.60. The predicted molar refractivity (Wildman–Crippen MR) is 78.9 cm³/mol. The van der Waals surface area contributed by atoms with Gasteiger partial charge in [0, 0.05) is 24.3 Å². The molecule has 0 aliphatic carbocycles. The molecular formula is C17H19FO2. The topological polar surface area (TPSA) is 26.3 Å². The Labute approximate surface area is 118 Å². The van der Waals surface area contributed by atoms with E-state index in [1.807, 2.05) is 60.7 Å². The van der Waals surface area contributed by atoms with Crippen molar-refractivity contribution in [2.45, 2.75) is 12.8 Å². The van der Waals surface area contributed by atoms with E-state index >= 15 is 0 Å². The molecule has 0 N–H and O–H groups in total. The number of halogens is 1. The number of ketones is 1. The van der Waals surface area contributed by atoms with E-state index in [4.69, 9.17) is 4.74 Å². The van der Waals surface area contributed by atoms with Crippen molar-refractivity contribution in [3.8, 4) is 0 Å². The van der Waals surface area contributed by atoms with Crippen molar-refractivity contribution in [1.29, 1.82) is 0 Å². The maximum Gasteiger partial charge on any atom is 0.193 e. The van der Waals surface area contributed by atoms with Crippen molar-refractivity contribution in [3.05, 3.63) is 71.8 Å². The number of rotatable bonds is 2. The summed E-state index contributed by atoms with van der Waals surface area (Å²) < 4.78 is 4.94. The third-order valence-corrected chi connectivity index (χ3v) is 2.90. The minimum absolute atomic E-state index is 0. The second-order valence-electron chi connectivity index (χ2n) is 4.38. The summed E-state index contributed by atoms with van der Waals surface area (Å²) in [7, 11) is 0. The van der Waals surface area contributed by atoms with Crippen LogP contribution in [0.2, 0.25) is 0 Å². The summed E-state index contributed by atoms with van der Waals surface area (Å²) in [5.74, 6) is 0.0752. The zero-order valence-electron chi connectivity index (χ0n) is 11.3. The Morgan fingerprint density at radius 3 is 1.45 bits per heavy atom. The first-order chi connectivity index (χ1) is 9.38. The number of carbonyl (C=O) groups is 1. The smallest absolute Gasteiger partial charge is 0.193 e. The van der Waals surface area contributed by atoms with E-state index in [9.17, 15) is 4.79 Å². The molecule has 2 nitrogen and oxygen atoms in total. The van der Waals surface area contributed by atoms with Crippen LogP contribution < -0.4 is 0 Å². The van der Waals surface area contributed by atoms with Crippen molar-refractivity contribution in [3.63, 3.8) is 0 Å². The molecule has 3 heteroatoms. The summed E-state index contributed by atoms with van der Waals surface area (Å²) in [5, 5.41) is 0. The van der Waals surface area contributed by atoms with Crippen LogP contribution in [0.25, 0.3) is 0 Å². The highest BCUT2D eigenvalue weighted by atomic mass is 19.0. The number of hydrogen-bond donors (Lipinski definition) is 0.